The average molecular weight is 235 g/mol. The molecule has 1 fully saturated rings. The zero-order valence-corrected chi connectivity index (χ0v) is 9.02. The van der Waals surface area contributed by atoms with Gasteiger partial charge >= 0.3 is 6.18 Å². The van der Waals surface area contributed by atoms with Gasteiger partial charge < -0.3 is 5.32 Å². The van der Waals surface area contributed by atoms with E-state index in [2.05, 4.69) is 11.9 Å². The Kier molecular flexibility index (Phi) is 4.38. The third-order valence-corrected chi connectivity index (χ3v) is 2.94. The van der Waals surface area contributed by atoms with E-state index in [-0.39, 0.29) is 13.0 Å². The summed E-state index contributed by atoms with van der Waals surface area (Å²) in [7, 11) is 0. The number of nitrogens with one attached hydrogen (secondary N) is 1. The van der Waals surface area contributed by atoms with E-state index in [0.29, 0.717) is 19.3 Å². The Morgan fingerprint density at radius 2 is 2.00 bits per heavy atom. The second-order valence-corrected chi connectivity index (χ2v) is 4.07. The maximum atomic E-state index is 12.7. The molecule has 1 saturated carbocycles. The van der Waals surface area contributed by atoms with Gasteiger partial charge in [-0.05, 0) is 12.8 Å². The summed E-state index contributed by atoms with van der Waals surface area (Å²) >= 11 is 0. The summed E-state index contributed by atoms with van der Waals surface area (Å²) in [5.41, 5.74) is 0. The minimum Gasteiger partial charge on any atom is -0.352 e. The first kappa shape index (κ1) is 13.1. The molecule has 1 rings (SSSR count). The van der Waals surface area contributed by atoms with Crippen molar-refractivity contribution in [3.63, 3.8) is 0 Å². The summed E-state index contributed by atoms with van der Waals surface area (Å²) in [4.78, 5) is 11.6. The van der Waals surface area contributed by atoms with Crippen LogP contribution in [0.3, 0.4) is 0 Å². The molecule has 1 aliphatic rings. The molecule has 1 N–H and O–H groups in total. The van der Waals surface area contributed by atoms with Crippen molar-refractivity contribution in [3.8, 4) is 0 Å². The second-order valence-electron chi connectivity index (χ2n) is 4.07. The summed E-state index contributed by atoms with van der Waals surface area (Å²) < 4.78 is 38.0. The number of carbonyl (C=O) groups excluding carboxylic acids is 1. The number of halogens is 3. The molecule has 2 nitrogen and oxygen atoms in total. The summed E-state index contributed by atoms with van der Waals surface area (Å²) in [5, 5.41) is 2.45. The lowest BCUT2D eigenvalue weighted by atomic mass is 9.78. The molecule has 1 amide bonds. The SMILES string of the molecule is C=CCNC(=O)C1CCCCC1C(F)(F)F. The Morgan fingerprint density at radius 1 is 1.38 bits per heavy atom. The van der Waals surface area contributed by atoms with E-state index < -0.39 is 23.9 Å². The van der Waals surface area contributed by atoms with Gasteiger partial charge in [-0.2, -0.15) is 13.2 Å². The van der Waals surface area contributed by atoms with Gasteiger partial charge in [-0.25, -0.2) is 0 Å². The largest absolute Gasteiger partial charge is 0.392 e. The minimum atomic E-state index is -4.27. The van der Waals surface area contributed by atoms with Gasteiger partial charge in [-0.15, -0.1) is 6.58 Å². The lowest BCUT2D eigenvalue weighted by molar-refractivity contribution is -0.198. The topological polar surface area (TPSA) is 29.1 Å². The monoisotopic (exact) mass is 235 g/mol. The van der Waals surface area contributed by atoms with Crippen molar-refractivity contribution in [1.82, 2.24) is 5.32 Å². The lowest BCUT2D eigenvalue weighted by Crippen LogP contribution is -2.42. The maximum Gasteiger partial charge on any atom is 0.392 e. The van der Waals surface area contributed by atoms with Crippen LogP contribution in [0.2, 0.25) is 0 Å². The van der Waals surface area contributed by atoms with E-state index >= 15 is 0 Å². The smallest absolute Gasteiger partial charge is 0.352 e. The van der Waals surface area contributed by atoms with Crippen LogP contribution in [-0.2, 0) is 4.79 Å². The van der Waals surface area contributed by atoms with Crippen molar-refractivity contribution in [2.45, 2.75) is 31.9 Å². The van der Waals surface area contributed by atoms with Gasteiger partial charge in [0, 0.05) is 12.5 Å². The van der Waals surface area contributed by atoms with Crippen LogP contribution in [0.25, 0.3) is 0 Å². The molecular formula is C11H16F3NO. The van der Waals surface area contributed by atoms with Gasteiger partial charge in [0.1, 0.15) is 0 Å². The van der Waals surface area contributed by atoms with Crippen molar-refractivity contribution in [2.24, 2.45) is 11.8 Å². The van der Waals surface area contributed by atoms with Crippen LogP contribution in [0, 0.1) is 11.8 Å². The molecule has 0 bridgehead atoms. The number of carbonyl (C=O) groups is 1. The van der Waals surface area contributed by atoms with Crippen LogP contribution in [0.15, 0.2) is 12.7 Å². The van der Waals surface area contributed by atoms with Crippen molar-refractivity contribution in [2.75, 3.05) is 6.54 Å². The van der Waals surface area contributed by atoms with E-state index in [9.17, 15) is 18.0 Å². The van der Waals surface area contributed by atoms with E-state index in [1.54, 1.807) is 0 Å². The number of hydrogen-bond acceptors (Lipinski definition) is 1. The van der Waals surface area contributed by atoms with Crippen molar-refractivity contribution in [1.29, 1.82) is 0 Å². The summed E-state index contributed by atoms with van der Waals surface area (Å²) in [5.74, 6) is -2.90. The Balaban J connectivity index is 2.66. The highest BCUT2D eigenvalue weighted by Gasteiger charge is 2.47. The molecule has 5 heteroatoms. The molecule has 92 valence electrons. The zero-order chi connectivity index (χ0) is 12.2. The second kappa shape index (κ2) is 5.37. The standard InChI is InChI=1S/C11H16F3NO/c1-2-7-15-10(16)8-5-3-4-6-9(8)11(12,13)14/h2,8-9H,1,3-7H2,(H,15,16). The molecule has 0 aromatic carbocycles. The van der Waals surface area contributed by atoms with Gasteiger partial charge in [0.05, 0.1) is 5.92 Å². The highest BCUT2D eigenvalue weighted by atomic mass is 19.4. The molecule has 2 unspecified atom stereocenters. The highest BCUT2D eigenvalue weighted by Crippen LogP contribution is 2.41. The molecule has 1 aliphatic carbocycles. The molecule has 0 aliphatic heterocycles. The van der Waals surface area contributed by atoms with Gasteiger partial charge in [0.25, 0.3) is 0 Å². The van der Waals surface area contributed by atoms with E-state index in [1.807, 2.05) is 0 Å². The molecule has 0 aromatic rings. The van der Waals surface area contributed by atoms with Gasteiger partial charge in [0.2, 0.25) is 5.91 Å². The van der Waals surface area contributed by atoms with Gasteiger partial charge in [-0.1, -0.05) is 18.9 Å². The third kappa shape index (κ3) is 3.25. The summed E-state index contributed by atoms with van der Waals surface area (Å²) in [6, 6.07) is 0. The van der Waals surface area contributed by atoms with Crippen molar-refractivity contribution >= 4 is 5.91 Å². The third-order valence-electron chi connectivity index (χ3n) is 2.94. The highest BCUT2D eigenvalue weighted by molar-refractivity contribution is 5.79. The van der Waals surface area contributed by atoms with Crippen LogP contribution in [0.4, 0.5) is 13.2 Å². The van der Waals surface area contributed by atoms with E-state index in [4.69, 9.17) is 0 Å². The lowest BCUT2D eigenvalue weighted by Gasteiger charge is -2.31. The van der Waals surface area contributed by atoms with Gasteiger partial charge in [-0.3, -0.25) is 4.79 Å². The predicted molar refractivity (Wildman–Crippen MR) is 54.7 cm³/mol. The summed E-state index contributed by atoms with van der Waals surface area (Å²) in [6.07, 6.45) is -1.17. The fourth-order valence-electron chi connectivity index (χ4n) is 2.14. The van der Waals surface area contributed by atoms with E-state index in [0.717, 1.165) is 0 Å². The average Bonchev–Trinajstić information content (AvgIpc) is 2.24. The number of amides is 1. The molecule has 2 atom stereocenters. The summed E-state index contributed by atoms with van der Waals surface area (Å²) in [6.45, 7) is 3.63. The first-order chi connectivity index (χ1) is 7.46. The Morgan fingerprint density at radius 3 is 2.56 bits per heavy atom. The zero-order valence-electron chi connectivity index (χ0n) is 9.02. The van der Waals surface area contributed by atoms with Crippen LogP contribution < -0.4 is 5.32 Å². The Labute approximate surface area is 92.9 Å². The molecular weight excluding hydrogens is 219 g/mol. The number of rotatable bonds is 3. The van der Waals surface area contributed by atoms with Crippen LogP contribution in [0.5, 0.6) is 0 Å². The normalized spacial score (nSPS) is 26.2. The number of alkyl halides is 3. The molecule has 0 heterocycles. The Bertz CT molecular complexity index is 262. The fraction of sp³-hybridized carbons (Fsp3) is 0.727. The first-order valence-electron chi connectivity index (χ1n) is 5.42. The predicted octanol–water partition coefficient (Wildman–Crippen LogP) is 2.66. The maximum absolute atomic E-state index is 12.7. The molecule has 0 saturated heterocycles. The van der Waals surface area contributed by atoms with Crippen LogP contribution >= 0.6 is 0 Å². The molecule has 0 aromatic heterocycles. The van der Waals surface area contributed by atoms with E-state index in [1.165, 1.54) is 6.08 Å². The quantitative estimate of drug-likeness (QED) is 0.749. The van der Waals surface area contributed by atoms with Crippen molar-refractivity contribution < 1.29 is 18.0 Å². The van der Waals surface area contributed by atoms with Crippen LogP contribution in [-0.4, -0.2) is 18.6 Å². The number of hydrogen-bond donors (Lipinski definition) is 1. The van der Waals surface area contributed by atoms with Crippen molar-refractivity contribution in [3.05, 3.63) is 12.7 Å². The van der Waals surface area contributed by atoms with Gasteiger partial charge in [0.15, 0.2) is 0 Å². The molecule has 0 radical (unpaired) electrons. The van der Waals surface area contributed by atoms with Crippen LogP contribution in [0.1, 0.15) is 25.7 Å². The molecule has 16 heavy (non-hydrogen) atoms. The fourth-order valence-corrected chi connectivity index (χ4v) is 2.14. The first-order valence-corrected chi connectivity index (χ1v) is 5.42. The Hall–Kier alpha value is -1.00. The molecule has 0 spiro atoms. The minimum absolute atomic E-state index is 0.0652.